The van der Waals surface area contributed by atoms with Crippen LogP contribution in [0.2, 0.25) is 0 Å². The molecule has 0 aromatic carbocycles. The Balaban J connectivity index is 2.03. The Morgan fingerprint density at radius 2 is 2.14 bits per heavy atom. The lowest BCUT2D eigenvalue weighted by atomic mass is 10.0. The molecule has 0 bridgehead atoms. The second kappa shape index (κ2) is 4.80. The van der Waals surface area contributed by atoms with Gasteiger partial charge in [0.2, 0.25) is 0 Å². The van der Waals surface area contributed by atoms with Gasteiger partial charge in [0.15, 0.2) is 0 Å². The monoisotopic (exact) mass is 289 g/mol. The minimum atomic E-state index is -0.321. The minimum Gasteiger partial charge on any atom is -0.372 e. The van der Waals surface area contributed by atoms with Gasteiger partial charge in [-0.05, 0) is 33.8 Å². The molecule has 6 heteroatoms. The molecule has 0 aliphatic carbocycles. The van der Waals surface area contributed by atoms with Crippen molar-refractivity contribution < 1.29 is 14.1 Å². The van der Waals surface area contributed by atoms with Gasteiger partial charge in [0.25, 0.3) is 11.6 Å². The number of fused-ring (bicyclic) bond motifs is 1. The van der Waals surface area contributed by atoms with Crippen LogP contribution in [0.4, 0.5) is 0 Å². The van der Waals surface area contributed by atoms with Gasteiger partial charge in [0.1, 0.15) is 0 Å². The van der Waals surface area contributed by atoms with Crippen molar-refractivity contribution in [3.05, 3.63) is 23.0 Å². The Morgan fingerprint density at radius 3 is 2.86 bits per heavy atom. The molecule has 1 fully saturated rings. The van der Waals surface area contributed by atoms with Crippen LogP contribution in [0.1, 0.15) is 35.6 Å². The van der Waals surface area contributed by atoms with Crippen LogP contribution < -0.4 is 0 Å². The van der Waals surface area contributed by atoms with E-state index < -0.39 is 0 Å². The van der Waals surface area contributed by atoms with E-state index in [1.54, 1.807) is 6.07 Å². The van der Waals surface area contributed by atoms with Gasteiger partial charge in [0, 0.05) is 18.8 Å². The fourth-order valence-corrected chi connectivity index (χ4v) is 2.75. The number of morpholine rings is 1. The molecular weight excluding hydrogens is 270 g/mol. The third-order valence-corrected chi connectivity index (χ3v) is 3.69. The maximum absolute atomic E-state index is 12.9. The molecule has 0 saturated carbocycles. The first-order chi connectivity index (χ1) is 9.87. The van der Waals surface area contributed by atoms with Gasteiger partial charge in [-0.3, -0.25) is 4.79 Å². The average Bonchev–Trinajstić information content (AvgIpc) is 2.77. The minimum absolute atomic E-state index is 0.0202. The lowest BCUT2D eigenvalue weighted by molar-refractivity contribution is -0.0763. The van der Waals surface area contributed by atoms with Crippen molar-refractivity contribution in [1.29, 1.82) is 0 Å². The maximum atomic E-state index is 12.9. The largest absolute Gasteiger partial charge is 0.372 e. The molecule has 0 radical (unpaired) electrons. The number of pyridine rings is 1. The van der Waals surface area contributed by atoms with Crippen molar-refractivity contribution in [3.8, 4) is 0 Å². The fourth-order valence-electron chi connectivity index (χ4n) is 2.75. The summed E-state index contributed by atoms with van der Waals surface area (Å²) in [6.07, 6.45) is 0. The second-order valence-corrected chi connectivity index (χ2v) is 6.09. The van der Waals surface area contributed by atoms with Crippen LogP contribution in [0.25, 0.3) is 11.1 Å². The summed E-state index contributed by atoms with van der Waals surface area (Å²) < 4.78 is 10.9. The highest BCUT2D eigenvalue weighted by Crippen LogP contribution is 2.25. The Labute approximate surface area is 123 Å². The molecule has 2 aromatic rings. The first kappa shape index (κ1) is 14.0. The van der Waals surface area contributed by atoms with Crippen LogP contribution in [0.3, 0.4) is 0 Å². The van der Waals surface area contributed by atoms with E-state index in [4.69, 9.17) is 9.26 Å². The SMILES string of the molecule is Cc1cc(C(=O)N2CCOC(C)(C)C2)c2c(C)noc2n1. The van der Waals surface area contributed by atoms with E-state index in [2.05, 4.69) is 10.1 Å². The second-order valence-electron chi connectivity index (χ2n) is 6.09. The van der Waals surface area contributed by atoms with E-state index in [1.807, 2.05) is 32.6 Å². The molecule has 1 saturated heterocycles. The lowest BCUT2D eigenvalue weighted by Gasteiger charge is -2.38. The van der Waals surface area contributed by atoms with E-state index in [0.29, 0.717) is 42.1 Å². The van der Waals surface area contributed by atoms with Gasteiger partial charge in [-0.15, -0.1) is 0 Å². The van der Waals surface area contributed by atoms with Crippen molar-refractivity contribution in [2.45, 2.75) is 33.3 Å². The molecule has 21 heavy (non-hydrogen) atoms. The van der Waals surface area contributed by atoms with Crippen molar-refractivity contribution in [2.75, 3.05) is 19.7 Å². The molecule has 1 aliphatic heterocycles. The first-order valence-corrected chi connectivity index (χ1v) is 7.04. The summed E-state index contributed by atoms with van der Waals surface area (Å²) in [5.41, 5.74) is 2.14. The van der Waals surface area contributed by atoms with Gasteiger partial charge in [0.05, 0.1) is 28.9 Å². The molecule has 6 nitrogen and oxygen atoms in total. The van der Waals surface area contributed by atoms with Gasteiger partial charge in [-0.1, -0.05) is 5.16 Å². The highest BCUT2D eigenvalue weighted by Gasteiger charge is 2.31. The molecule has 0 spiro atoms. The third-order valence-electron chi connectivity index (χ3n) is 3.69. The van der Waals surface area contributed by atoms with Gasteiger partial charge in [-0.2, -0.15) is 0 Å². The highest BCUT2D eigenvalue weighted by atomic mass is 16.5. The number of aromatic nitrogens is 2. The smallest absolute Gasteiger partial charge is 0.258 e. The number of amides is 1. The topological polar surface area (TPSA) is 68.5 Å². The Bertz CT molecular complexity index is 705. The molecule has 2 aromatic heterocycles. The molecular formula is C15H19N3O3. The van der Waals surface area contributed by atoms with Crippen molar-refractivity contribution in [2.24, 2.45) is 0 Å². The number of carbonyl (C=O) groups is 1. The number of hydrogen-bond acceptors (Lipinski definition) is 5. The zero-order valence-electron chi connectivity index (χ0n) is 12.8. The molecule has 3 heterocycles. The van der Waals surface area contributed by atoms with Crippen LogP contribution in [-0.4, -0.2) is 46.2 Å². The summed E-state index contributed by atoms with van der Waals surface area (Å²) in [6, 6.07) is 1.80. The van der Waals surface area contributed by atoms with E-state index in [1.165, 1.54) is 0 Å². The molecule has 112 valence electrons. The predicted molar refractivity (Wildman–Crippen MR) is 77.2 cm³/mol. The van der Waals surface area contributed by atoms with Crippen LogP contribution in [0, 0.1) is 13.8 Å². The molecule has 1 aliphatic rings. The number of aryl methyl sites for hydroxylation is 2. The summed E-state index contributed by atoms with van der Waals surface area (Å²) in [6.45, 7) is 9.36. The molecule has 1 amide bonds. The van der Waals surface area contributed by atoms with Crippen molar-refractivity contribution >= 4 is 17.0 Å². The summed E-state index contributed by atoms with van der Waals surface area (Å²) in [5, 5.41) is 4.62. The normalized spacial score (nSPS) is 18.2. The molecule has 0 N–H and O–H groups in total. The van der Waals surface area contributed by atoms with Crippen LogP contribution in [0.15, 0.2) is 10.6 Å². The average molecular weight is 289 g/mol. The van der Waals surface area contributed by atoms with E-state index in [9.17, 15) is 4.79 Å². The summed E-state index contributed by atoms with van der Waals surface area (Å²) in [4.78, 5) is 19.0. The van der Waals surface area contributed by atoms with Crippen LogP contribution >= 0.6 is 0 Å². The first-order valence-electron chi connectivity index (χ1n) is 7.04. The number of carbonyl (C=O) groups excluding carboxylic acids is 1. The third kappa shape index (κ3) is 2.51. The number of ether oxygens (including phenoxy) is 1. The Hall–Kier alpha value is -1.95. The number of nitrogens with zero attached hydrogens (tertiary/aromatic N) is 3. The molecule has 0 atom stereocenters. The van der Waals surface area contributed by atoms with Crippen molar-refractivity contribution in [3.63, 3.8) is 0 Å². The lowest BCUT2D eigenvalue weighted by Crippen LogP contribution is -2.50. The quantitative estimate of drug-likeness (QED) is 0.804. The van der Waals surface area contributed by atoms with Gasteiger partial charge in [-0.25, -0.2) is 4.98 Å². The molecule has 0 unspecified atom stereocenters. The van der Waals surface area contributed by atoms with E-state index >= 15 is 0 Å². The van der Waals surface area contributed by atoms with Crippen LogP contribution in [-0.2, 0) is 4.74 Å². The molecule has 3 rings (SSSR count). The maximum Gasteiger partial charge on any atom is 0.258 e. The summed E-state index contributed by atoms with van der Waals surface area (Å²) >= 11 is 0. The fraction of sp³-hybridized carbons (Fsp3) is 0.533. The van der Waals surface area contributed by atoms with Crippen LogP contribution in [0.5, 0.6) is 0 Å². The number of rotatable bonds is 1. The Kier molecular flexibility index (Phi) is 3.20. The van der Waals surface area contributed by atoms with Gasteiger partial charge >= 0.3 is 0 Å². The zero-order chi connectivity index (χ0) is 15.2. The zero-order valence-corrected chi connectivity index (χ0v) is 12.8. The standard InChI is InChI=1S/C15H19N3O3/c1-9-7-11(12-10(2)17-21-13(12)16-9)14(19)18-5-6-20-15(3,4)8-18/h7H,5-6,8H2,1-4H3. The van der Waals surface area contributed by atoms with E-state index in [-0.39, 0.29) is 11.5 Å². The predicted octanol–water partition coefficient (Wildman–Crippen LogP) is 2.09. The Morgan fingerprint density at radius 1 is 1.38 bits per heavy atom. The summed E-state index contributed by atoms with van der Waals surface area (Å²) in [7, 11) is 0. The van der Waals surface area contributed by atoms with E-state index in [0.717, 1.165) is 5.69 Å². The highest BCUT2D eigenvalue weighted by molar-refractivity contribution is 6.06. The van der Waals surface area contributed by atoms with Crippen molar-refractivity contribution in [1.82, 2.24) is 15.0 Å². The summed E-state index contributed by atoms with van der Waals surface area (Å²) in [5.74, 6) is -0.0202. The number of hydrogen-bond donors (Lipinski definition) is 0. The van der Waals surface area contributed by atoms with Gasteiger partial charge < -0.3 is 14.2 Å².